The Morgan fingerprint density at radius 2 is 2.08 bits per heavy atom. The van der Waals surface area contributed by atoms with Gasteiger partial charge in [0.1, 0.15) is 6.17 Å². The largest absolute Gasteiger partial charge is 0.325 e. The van der Waals surface area contributed by atoms with Gasteiger partial charge in [-0.05, 0) is 50.9 Å². The molecule has 0 aliphatic heterocycles. The highest BCUT2D eigenvalue weighted by Crippen LogP contribution is 2.47. The first kappa shape index (κ1) is 8.49. The van der Waals surface area contributed by atoms with E-state index in [1.165, 1.54) is 12.8 Å². The van der Waals surface area contributed by atoms with Gasteiger partial charge in [-0.2, -0.15) is 0 Å². The van der Waals surface area contributed by atoms with E-state index in [-0.39, 0.29) is 11.5 Å². The van der Waals surface area contributed by atoms with Crippen molar-refractivity contribution in [1.29, 1.82) is 0 Å². The molecule has 2 fully saturated rings. The van der Waals surface area contributed by atoms with Crippen LogP contribution in [0, 0.1) is 11.8 Å². The third-order valence-electron chi connectivity index (χ3n) is 3.35. The fraction of sp³-hybridized carbons (Fsp3) is 1.00. The summed E-state index contributed by atoms with van der Waals surface area (Å²) in [6.45, 7) is 1.69. The fourth-order valence-corrected chi connectivity index (χ4v) is 2.06. The molecule has 2 atom stereocenters. The molecule has 0 aromatic carbocycles. The van der Waals surface area contributed by atoms with E-state index in [1.54, 1.807) is 6.92 Å². The summed E-state index contributed by atoms with van der Waals surface area (Å²) in [5.41, 5.74) is 6.02. The third kappa shape index (κ3) is 1.79. The smallest absolute Gasteiger partial charge is 0.100 e. The normalized spacial score (nSPS) is 31.2. The van der Waals surface area contributed by atoms with Crippen molar-refractivity contribution in [2.75, 3.05) is 0 Å². The van der Waals surface area contributed by atoms with Crippen molar-refractivity contribution >= 4 is 0 Å². The van der Waals surface area contributed by atoms with Gasteiger partial charge in [0, 0.05) is 5.54 Å². The molecule has 0 amide bonds. The van der Waals surface area contributed by atoms with Crippen molar-refractivity contribution in [3.8, 4) is 0 Å². The minimum absolute atomic E-state index is 0.0353. The van der Waals surface area contributed by atoms with Gasteiger partial charge >= 0.3 is 0 Å². The lowest BCUT2D eigenvalue weighted by Gasteiger charge is -2.21. The van der Waals surface area contributed by atoms with Crippen molar-refractivity contribution in [2.45, 2.75) is 50.7 Å². The van der Waals surface area contributed by atoms with Crippen LogP contribution in [0.2, 0.25) is 0 Å². The molecule has 0 radical (unpaired) electrons. The minimum Gasteiger partial charge on any atom is -0.325 e. The van der Waals surface area contributed by atoms with Crippen LogP contribution in [0.1, 0.15) is 39.0 Å². The Morgan fingerprint density at radius 3 is 2.42 bits per heavy atom. The summed E-state index contributed by atoms with van der Waals surface area (Å²) in [5.74, 6) is 0.920. The zero-order chi connectivity index (χ0) is 8.77. The molecule has 0 heterocycles. The van der Waals surface area contributed by atoms with Crippen LogP contribution >= 0.6 is 0 Å². The number of halogens is 1. The van der Waals surface area contributed by atoms with E-state index in [1.807, 2.05) is 0 Å². The molecular formula is C10H18FN. The van der Waals surface area contributed by atoms with Crippen LogP contribution in [0.5, 0.6) is 0 Å². The Hall–Kier alpha value is -0.110. The van der Waals surface area contributed by atoms with Crippen LogP contribution in [0.15, 0.2) is 0 Å². The van der Waals surface area contributed by atoms with Gasteiger partial charge < -0.3 is 5.73 Å². The van der Waals surface area contributed by atoms with Crippen molar-refractivity contribution in [1.82, 2.24) is 0 Å². The topological polar surface area (TPSA) is 26.0 Å². The van der Waals surface area contributed by atoms with Gasteiger partial charge in [0.2, 0.25) is 0 Å². The molecule has 0 aromatic heterocycles. The summed E-state index contributed by atoms with van der Waals surface area (Å²) in [4.78, 5) is 0. The van der Waals surface area contributed by atoms with Crippen LogP contribution in [0.3, 0.4) is 0 Å². The second kappa shape index (κ2) is 2.69. The molecule has 2 heteroatoms. The maximum Gasteiger partial charge on any atom is 0.100 e. The first-order valence-electron chi connectivity index (χ1n) is 5.04. The Morgan fingerprint density at radius 1 is 1.50 bits per heavy atom. The van der Waals surface area contributed by atoms with Gasteiger partial charge in [-0.25, -0.2) is 4.39 Å². The maximum atomic E-state index is 13.2. The SMILES string of the molecule is CC(F)C(CC1(N)CC1)C1CC1. The summed E-state index contributed by atoms with van der Waals surface area (Å²) in [5, 5.41) is 0. The van der Waals surface area contributed by atoms with E-state index in [4.69, 9.17) is 5.73 Å². The average molecular weight is 171 g/mol. The van der Waals surface area contributed by atoms with Crippen molar-refractivity contribution < 1.29 is 4.39 Å². The Labute approximate surface area is 73.5 Å². The molecule has 2 saturated carbocycles. The van der Waals surface area contributed by atoms with Gasteiger partial charge in [-0.3, -0.25) is 0 Å². The quantitative estimate of drug-likeness (QED) is 0.689. The molecular weight excluding hydrogens is 153 g/mol. The molecule has 70 valence electrons. The van der Waals surface area contributed by atoms with Gasteiger partial charge in [-0.15, -0.1) is 0 Å². The third-order valence-corrected chi connectivity index (χ3v) is 3.35. The average Bonchev–Trinajstić information content (AvgIpc) is 2.79. The summed E-state index contributed by atoms with van der Waals surface area (Å²) in [7, 11) is 0. The number of hydrogen-bond acceptors (Lipinski definition) is 1. The number of hydrogen-bond donors (Lipinski definition) is 1. The molecule has 2 N–H and O–H groups in total. The predicted octanol–water partition coefficient (Wildman–Crippen LogP) is 2.25. The summed E-state index contributed by atoms with van der Waals surface area (Å²) < 4.78 is 13.2. The highest BCUT2D eigenvalue weighted by atomic mass is 19.1. The highest BCUT2D eigenvalue weighted by molar-refractivity contribution is 5.02. The molecule has 2 rings (SSSR count). The zero-order valence-corrected chi connectivity index (χ0v) is 7.72. The van der Waals surface area contributed by atoms with E-state index < -0.39 is 6.17 Å². The molecule has 2 aliphatic carbocycles. The van der Waals surface area contributed by atoms with Crippen molar-refractivity contribution in [3.63, 3.8) is 0 Å². The fourth-order valence-electron chi connectivity index (χ4n) is 2.06. The van der Waals surface area contributed by atoms with Crippen LogP contribution in [0.4, 0.5) is 4.39 Å². The first-order chi connectivity index (χ1) is 5.61. The lowest BCUT2D eigenvalue weighted by molar-refractivity contribution is 0.199. The van der Waals surface area contributed by atoms with E-state index in [9.17, 15) is 4.39 Å². The van der Waals surface area contributed by atoms with Gasteiger partial charge in [-0.1, -0.05) is 0 Å². The second-order valence-corrected chi connectivity index (χ2v) is 4.75. The molecule has 1 nitrogen and oxygen atoms in total. The Balaban J connectivity index is 1.88. The van der Waals surface area contributed by atoms with Crippen molar-refractivity contribution in [3.05, 3.63) is 0 Å². The van der Waals surface area contributed by atoms with Gasteiger partial charge in [0.15, 0.2) is 0 Å². The molecule has 0 aromatic rings. The maximum absolute atomic E-state index is 13.2. The molecule has 0 spiro atoms. The summed E-state index contributed by atoms with van der Waals surface area (Å²) >= 11 is 0. The van der Waals surface area contributed by atoms with E-state index in [0.717, 1.165) is 19.3 Å². The summed E-state index contributed by atoms with van der Waals surface area (Å²) in [6.07, 6.45) is 4.96. The zero-order valence-electron chi connectivity index (χ0n) is 7.72. The molecule has 0 saturated heterocycles. The second-order valence-electron chi connectivity index (χ2n) is 4.75. The lowest BCUT2D eigenvalue weighted by atomic mass is 9.90. The molecule has 2 aliphatic rings. The van der Waals surface area contributed by atoms with E-state index >= 15 is 0 Å². The molecule has 12 heavy (non-hydrogen) atoms. The Kier molecular flexibility index (Phi) is 1.90. The standard InChI is InChI=1S/C10H18FN/c1-7(11)9(8-2-3-8)6-10(12)4-5-10/h7-9H,2-6,12H2,1H3. The monoisotopic (exact) mass is 171 g/mol. The van der Waals surface area contributed by atoms with Crippen LogP contribution in [0.25, 0.3) is 0 Å². The minimum atomic E-state index is -0.654. The highest BCUT2D eigenvalue weighted by Gasteiger charge is 2.45. The summed E-state index contributed by atoms with van der Waals surface area (Å²) in [6, 6.07) is 0. The predicted molar refractivity (Wildman–Crippen MR) is 47.6 cm³/mol. The van der Waals surface area contributed by atoms with Crippen LogP contribution < -0.4 is 5.73 Å². The van der Waals surface area contributed by atoms with Gasteiger partial charge in [0.05, 0.1) is 0 Å². The lowest BCUT2D eigenvalue weighted by Crippen LogP contribution is -2.29. The molecule has 0 bridgehead atoms. The van der Waals surface area contributed by atoms with Gasteiger partial charge in [0.25, 0.3) is 0 Å². The number of nitrogens with two attached hydrogens (primary N) is 1. The van der Waals surface area contributed by atoms with E-state index in [2.05, 4.69) is 0 Å². The van der Waals surface area contributed by atoms with E-state index in [0.29, 0.717) is 5.92 Å². The number of rotatable bonds is 4. The Bertz CT molecular complexity index is 169. The van der Waals surface area contributed by atoms with Crippen LogP contribution in [-0.2, 0) is 0 Å². The van der Waals surface area contributed by atoms with Crippen molar-refractivity contribution in [2.24, 2.45) is 17.6 Å². The van der Waals surface area contributed by atoms with Crippen LogP contribution in [-0.4, -0.2) is 11.7 Å². The number of alkyl halides is 1. The first-order valence-corrected chi connectivity index (χ1v) is 5.04. The molecule has 2 unspecified atom stereocenters.